The van der Waals surface area contributed by atoms with Gasteiger partial charge in [-0.25, -0.2) is 4.79 Å². The van der Waals surface area contributed by atoms with Crippen molar-refractivity contribution in [2.45, 2.75) is 20.4 Å². The number of carbonyl (C=O) groups excluding carboxylic acids is 2. The zero-order valence-electron chi connectivity index (χ0n) is 18.4. The molecule has 1 aliphatic heterocycles. The Kier molecular flexibility index (Phi) is 5.70. The second-order valence-electron chi connectivity index (χ2n) is 7.64. The van der Waals surface area contributed by atoms with Crippen molar-refractivity contribution >= 4 is 23.7 Å². The van der Waals surface area contributed by atoms with Gasteiger partial charge in [0.2, 0.25) is 0 Å². The summed E-state index contributed by atoms with van der Waals surface area (Å²) in [6.45, 7) is 3.86. The van der Waals surface area contributed by atoms with Crippen molar-refractivity contribution in [3.05, 3.63) is 92.9 Å². The number of carbonyl (C=O) groups is 2. The zero-order chi connectivity index (χ0) is 23.7. The van der Waals surface area contributed by atoms with Gasteiger partial charge < -0.3 is 14.6 Å². The largest absolute Gasteiger partial charge is 0.495 e. The lowest BCUT2D eigenvalue weighted by atomic mass is 10.2. The van der Waals surface area contributed by atoms with E-state index in [-0.39, 0.29) is 17.9 Å². The third-order valence-electron chi connectivity index (χ3n) is 5.53. The first-order valence-electron chi connectivity index (χ1n) is 10.2. The Morgan fingerprint density at radius 3 is 2.48 bits per heavy atom. The van der Waals surface area contributed by atoms with Gasteiger partial charge in [0, 0.05) is 23.5 Å². The van der Waals surface area contributed by atoms with Crippen LogP contribution < -0.4 is 10.1 Å². The van der Waals surface area contributed by atoms with Gasteiger partial charge in [-0.15, -0.1) is 0 Å². The second kappa shape index (κ2) is 8.62. The second-order valence-corrected chi connectivity index (χ2v) is 7.64. The maximum absolute atomic E-state index is 12.9. The molecule has 3 amide bonds. The number of methoxy groups -OCH3 is 1. The van der Waals surface area contributed by atoms with Crippen LogP contribution in [0.25, 0.3) is 11.8 Å². The molecule has 168 valence electrons. The number of nitro benzene ring substituents is 1. The molecule has 33 heavy (non-hydrogen) atoms. The molecule has 1 fully saturated rings. The molecule has 0 radical (unpaired) electrons. The highest BCUT2D eigenvalue weighted by atomic mass is 16.6. The smallest absolute Gasteiger partial charge is 0.329 e. The van der Waals surface area contributed by atoms with Crippen molar-refractivity contribution in [1.82, 2.24) is 14.8 Å². The first kappa shape index (κ1) is 21.8. The number of hydrogen-bond donors (Lipinski definition) is 1. The van der Waals surface area contributed by atoms with Crippen molar-refractivity contribution in [3.63, 3.8) is 0 Å². The van der Waals surface area contributed by atoms with Crippen molar-refractivity contribution < 1.29 is 19.2 Å². The van der Waals surface area contributed by atoms with Gasteiger partial charge in [0.15, 0.2) is 0 Å². The van der Waals surface area contributed by atoms with E-state index in [2.05, 4.69) is 5.32 Å². The highest BCUT2D eigenvalue weighted by Crippen LogP contribution is 2.32. The Hall–Kier alpha value is -4.40. The molecule has 0 saturated carbocycles. The minimum absolute atomic E-state index is 0.0620. The number of rotatable bonds is 6. The third kappa shape index (κ3) is 4.08. The van der Waals surface area contributed by atoms with Gasteiger partial charge in [0.1, 0.15) is 11.4 Å². The molecule has 9 nitrogen and oxygen atoms in total. The molecule has 0 spiro atoms. The number of aromatic nitrogens is 1. The molecule has 1 saturated heterocycles. The maximum atomic E-state index is 12.9. The van der Waals surface area contributed by atoms with Gasteiger partial charge in [-0.3, -0.25) is 19.8 Å². The van der Waals surface area contributed by atoms with Crippen LogP contribution in [-0.4, -0.2) is 33.4 Å². The fraction of sp³-hybridized carbons (Fsp3) is 0.167. The van der Waals surface area contributed by atoms with E-state index in [4.69, 9.17) is 4.74 Å². The van der Waals surface area contributed by atoms with Crippen LogP contribution in [0.4, 0.5) is 10.5 Å². The number of aryl methyl sites for hydroxylation is 1. The predicted octanol–water partition coefficient (Wildman–Crippen LogP) is 4.10. The molecule has 2 heterocycles. The van der Waals surface area contributed by atoms with E-state index in [9.17, 15) is 19.7 Å². The summed E-state index contributed by atoms with van der Waals surface area (Å²) in [7, 11) is 1.50. The Bertz CT molecular complexity index is 1290. The lowest BCUT2D eigenvalue weighted by molar-refractivity contribution is -0.384. The van der Waals surface area contributed by atoms with Gasteiger partial charge in [-0.2, -0.15) is 0 Å². The number of imide groups is 1. The summed E-state index contributed by atoms with van der Waals surface area (Å²) in [5.74, 6) is 0.0578. The molecular weight excluding hydrogens is 424 g/mol. The molecular formula is C24H22N4O5. The average Bonchev–Trinajstić information content (AvgIpc) is 3.23. The summed E-state index contributed by atoms with van der Waals surface area (Å²) >= 11 is 0. The van der Waals surface area contributed by atoms with E-state index in [1.54, 1.807) is 12.1 Å². The Balaban J connectivity index is 1.69. The van der Waals surface area contributed by atoms with E-state index in [1.165, 1.54) is 19.2 Å². The summed E-state index contributed by atoms with van der Waals surface area (Å²) in [6, 6.07) is 15.0. The van der Waals surface area contributed by atoms with Crippen molar-refractivity contribution in [2.24, 2.45) is 0 Å². The summed E-state index contributed by atoms with van der Waals surface area (Å²) < 4.78 is 7.23. The minimum atomic E-state index is -0.482. The fourth-order valence-electron chi connectivity index (χ4n) is 3.91. The van der Waals surface area contributed by atoms with Crippen molar-refractivity contribution in [2.75, 3.05) is 7.11 Å². The predicted molar refractivity (Wildman–Crippen MR) is 122 cm³/mol. The number of nitro groups is 1. The normalized spacial score (nSPS) is 14.6. The summed E-state index contributed by atoms with van der Waals surface area (Å²) in [5.41, 5.74) is 3.69. The Morgan fingerprint density at radius 1 is 1.09 bits per heavy atom. The van der Waals surface area contributed by atoms with Crippen molar-refractivity contribution in [3.8, 4) is 11.4 Å². The van der Waals surface area contributed by atoms with Crippen molar-refractivity contribution in [1.29, 1.82) is 0 Å². The molecule has 3 aromatic rings. The standard InChI is InChI=1S/C24H22N4O5/c1-15-11-18(16(2)27(15)21-13-19(28(31)32)9-10-22(21)33-3)12-20-23(29)26(24(30)25-20)14-17-7-5-4-6-8-17/h4-13H,14H2,1-3H3,(H,25,30)/b20-12+. The molecule has 2 aromatic carbocycles. The van der Waals surface area contributed by atoms with Gasteiger partial charge in [-0.05, 0) is 43.2 Å². The Morgan fingerprint density at radius 2 is 1.82 bits per heavy atom. The number of hydrogen-bond acceptors (Lipinski definition) is 5. The number of amides is 3. The topological polar surface area (TPSA) is 107 Å². The zero-order valence-corrected chi connectivity index (χ0v) is 18.4. The quantitative estimate of drug-likeness (QED) is 0.265. The Labute approximate surface area is 190 Å². The third-order valence-corrected chi connectivity index (χ3v) is 5.53. The first-order chi connectivity index (χ1) is 15.8. The first-order valence-corrected chi connectivity index (χ1v) is 10.2. The molecule has 0 bridgehead atoms. The molecule has 4 rings (SSSR count). The van der Waals surface area contributed by atoms with Gasteiger partial charge in [0.25, 0.3) is 11.6 Å². The molecule has 1 aromatic heterocycles. The number of non-ortho nitro benzene ring substituents is 1. The van der Waals surface area contributed by atoms with E-state index in [1.807, 2.05) is 54.8 Å². The SMILES string of the molecule is COc1ccc([N+](=O)[O-])cc1-n1c(C)cc(/C=C2/NC(=O)N(Cc3ccccc3)C2=O)c1C. The summed E-state index contributed by atoms with van der Waals surface area (Å²) in [6.07, 6.45) is 1.62. The van der Waals surface area contributed by atoms with Crippen LogP contribution in [-0.2, 0) is 11.3 Å². The lowest BCUT2D eigenvalue weighted by Crippen LogP contribution is -2.30. The summed E-state index contributed by atoms with van der Waals surface area (Å²) in [4.78, 5) is 37.3. The molecule has 1 aliphatic rings. The molecule has 0 unspecified atom stereocenters. The van der Waals surface area contributed by atoms with Crippen LogP contribution >= 0.6 is 0 Å². The minimum Gasteiger partial charge on any atom is -0.495 e. The number of ether oxygens (including phenoxy) is 1. The summed E-state index contributed by atoms with van der Waals surface area (Å²) in [5, 5.41) is 13.9. The highest BCUT2D eigenvalue weighted by Gasteiger charge is 2.33. The van der Waals surface area contributed by atoms with E-state index in [0.29, 0.717) is 17.0 Å². The van der Waals surface area contributed by atoms with E-state index >= 15 is 0 Å². The molecule has 9 heteroatoms. The number of benzene rings is 2. The van der Waals surface area contributed by atoms with Crippen LogP contribution in [0.1, 0.15) is 22.5 Å². The van der Waals surface area contributed by atoms with Gasteiger partial charge >= 0.3 is 6.03 Å². The molecule has 1 N–H and O–H groups in total. The van der Waals surface area contributed by atoms with Crippen LogP contribution in [0.5, 0.6) is 5.75 Å². The average molecular weight is 446 g/mol. The van der Waals surface area contributed by atoms with Crippen LogP contribution in [0.3, 0.4) is 0 Å². The van der Waals surface area contributed by atoms with Crippen LogP contribution in [0.15, 0.2) is 60.3 Å². The van der Waals surface area contributed by atoms with Crippen LogP contribution in [0, 0.1) is 24.0 Å². The van der Waals surface area contributed by atoms with E-state index < -0.39 is 16.9 Å². The lowest BCUT2D eigenvalue weighted by Gasteiger charge is -2.14. The van der Waals surface area contributed by atoms with Gasteiger partial charge in [0.05, 0.1) is 24.3 Å². The van der Waals surface area contributed by atoms with E-state index in [0.717, 1.165) is 21.9 Å². The highest BCUT2D eigenvalue weighted by molar-refractivity contribution is 6.14. The monoisotopic (exact) mass is 446 g/mol. The van der Waals surface area contributed by atoms with Gasteiger partial charge in [-0.1, -0.05) is 30.3 Å². The molecule has 0 aliphatic carbocycles. The number of nitrogens with one attached hydrogen (secondary N) is 1. The maximum Gasteiger partial charge on any atom is 0.329 e. The van der Waals surface area contributed by atoms with Crippen LogP contribution in [0.2, 0.25) is 0 Å². The number of nitrogens with zero attached hydrogens (tertiary/aromatic N) is 3. The number of urea groups is 1. The fourth-order valence-corrected chi connectivity index (χ4v) is 3.91. The molecule has 0 atom stereocenters.